The van der Waals surface area contributed by atoms with E-state index in [1.807, 2.05) is 30.3 Å². The van der Waals surface area contributed by atoms with Gasteiger partial charge in [0.1, 0.15) is 12.3 Å². The van der Waals surface area contributed by atoms with Gasteiger partial charge in [-0.1, -0.05) is 30.3 Å². The summed E-state index contributed by atoms with van der Waals surface area (Å²) in [7, 11) is 0. The summed E-state index contributed by atoms with van der Waals surface area (Å²) in [5.41, 5.74) is 0.767. The molecule has 1 aromatic carbocycles. The van der Waals surface area contributed by atoms with Crippen molar-refractivity contribution in [2.45, 2.75) is 43.7 Å². The van der Waals surface area contributed by atoms with E-state index in [0.29, 0.717) is 12.8 Å². The van der Waals surface area contributed by atoms with Crippen LogP contribution in [-0.4, -0.2) is 35.2 Å². The van der Waals surface area contributed by atoms with Gasteiger partial charge in [0, 0.05) is 6.42 Å². The maximum Gasteiger partial charge on any atom is 0.129 e. The van der Waals surface area contributed by atoms with Crippen molar-refractivity contribution < 1.29 is 19.3 Å². The Morgan fingerprint density at radius 3 is 2.67 bits per heavy atom. The van der Waals surface area contributed by atoms with E-state index in [4.69, 9.17) is 4.74 Å². The van der Waals surface area contributed by atoms with Crippen LogP contribution in [0, 0.1) is 0 Å². The number of hydrogen-bond acceptors (Lipinski definition) is 3. The van der Waals surface area contributed by atoms with Crippen LogP contribution < -0.4 is 0 Å². The lowest BCUT2D eigenvalue weighted by atomic mass is 9.93. The normalized spacial score (nSPS) is 30.1. The smallest absolute Gasteiger partial charge is 0.129 e. The van der Waals surface area contributed by atoms with Gasteiger partial charge in [0.15, 0.2) is 0 Å². The molecule has 2 N–H and O–H groups in total. The lowest BCUT2D eigenvalue weighted by Crippen LogP contribution is -2.36. The molecule has 1 aliphatic rings. The van der Waals surface area contributed by atoms with Crippen LogP contribution in [-0.2, 0) is 4.74 Å². The Bertz CT molecular complexity index is 357. The fourth-order valence-electron chi connectivity index (χ4n) is 2.24. The molecule has 1 fully saturated rings. The van der Waals surface area contributed by atoms with Gasteiger partial charge in [-0.25, -0.2) is 4.39 Å². The molecular weight excluding hydrogens is 235 g/mol. The molecule has 18 heavy (non-hydrogen) atoms. The van der Waals surface area contributed by atoms with Crippen LogP contribution in [0.3, 0.4) is 0 Å². The second-order valence-electron chi connectivity index (χ2n) is 4.78. The Morgan fingerprint density at radius 2 is 2.00 bits per heavy atom. The van der Waals surface area contributed by atoms with E-state index in [1.54, 1.807) is 0 Å². The zero-order valence-corrected chi connectivity index (χ0v) is 10.2. The average Bonchev–Trinajstić information content (AvgIpc) is 2.38. The fourth-order valence-corrected chi connectivity index (χ4v) is 2.24. The van der Waals surface area contributed by atoms with Crippen LogP contribution in [0.5, 0.6) is 0 Å². The number of ether oxygens (including phenoxy) is 1. The minimum absolute atomic E-state index is 0.0885. The van der Waals surface area contributed by atoms with Crippen LogP contribution >= 0.6 is 0 Å². The second kappa shape index (κ2) is 6.27. The SMILES string of the molecule is OC(CO[C@H]1CC[C@@H](O)C[C@@H]1F)c1ccccc1. The first-order valence-electron chi connectivity index (χ1n) is 6.33. The van der Waals surface area contributed by atoms with E-state index in [2.05, 4.69) is 0 Å². The van der Waals surface area contributed by atoms with E-state index in [9.17, 15) is 14.6 Å². The van der Waals surface area contributed by atoms with Gasteiger partial charge in [-0.05, 0) is 18.4 Å². The molecule has 0 spiro atoms. The zero-order chi connectivity index (χ0) is 13.0. The summed E-state index contributed by atoms with van der Waals surface area (Å²) in [5, 5.41) is 19.2. The Balaban J connectivity index is 1.81. The molecule has 100 valence electrons. The number of alkyl halides is 1. The van der Waals surface area contributed by atoms with Crippen LogP contribution in [0.2, 0.25) is 0 Å². The van der Waals surface area contributed by atoms with Crippen LogP contribution in [0.1, 0.15) is 30.9 Å². The van der Waals surface area contributed by atoms with Crippen molar-refractivity contribution in [1.82, 2.24) is 0 Å². The van der Waals surface area contributed by atoms with E-state index in [-0.39, 0.29) is 13.0 Å². The van der Waals surface area contributed by atoms with Gasteiger partial charge in [-0.15, -0.1) is 0 Å². The van der Waals surface area contributed by atoms with E-state index in [1.165, 1.54) is 0 Å². The molecule has 0 radical (unpaired) electrons. The van der Waals surface area contributed by atoms with Crippen LogP contribution in [0.15, 0.2) is 30.3 Å². The molecule has 0 aliphatic heterocycles. The first-order chi connectivity index (χ1) is 8.66. The molecule has 2 rings (SSSR count). The predicted molar refractivity (Wildman–Crippen MR) is 65.9 cm³/mol. The summed E-state index contributed by atoms with van der Waals surface area (Å²) < 4.78 is 19.0. The minimum Gasteiger partial charge on any atom is -0.393 e. The summed E-state index contributed by atoms with van der Waals surface area (Å²) in [4.78, 5) is 0. The quantitative estimate of drug-likeness (QED) is 0.864. The monoisotopic (exact) mass is 254 g/mol. The largest absolute Gasteiger partial charge is 0.393 e. The average molecular weight is 254 g/mol. The highest BCUT2D eigenvalue weighted by Gasteiger charge is 2.30. The van der Waals surface area contributed by atoms with E-state index >= 15 is 0 Å². The lowest BCUT2D eigenvalue weighted by Gasteiger charge is -2.29. The highest BCUT2D eigenvalue weighted by atomic mass is 19.1. The van der Waals surface area contributed by atoms with Gasteiger partial charge < -0.3 is 14.9 Å². The molecule has 4 heteroatoms. The molecule has 1 aliphatic carbocycles. The number of rotatable bonds is 4. The highest BCUT2D eigenvalue weighted by molar-refractivity contribution is 5.17. The Hall–Kier alpha value is -0.970. The Kier molecular flexibility index (Phi) is 4.69. The third kappa shape index (κ3) is 3.51. The van der Waals surface area contributed by atoms with E-state index < -0.39 is 24.5 Å². The first kappa shape index (κ1) is 13.5. The number of hydrogen-bond donors (Lipinski definition) is 2. The molecule has 1 unspecified atom stereocenters. The predicted octanol–water partition coefficient (Wildman–Crippen LogP) is 1.99. The van der Waals surface area contributed by atoms with Crippen molar-refractivity contribution >= 4 is 0 Å². The molecular formula is C14H19FO3. The Morgan fingerprint density at radius 1 is 1.28 bits per heavy atom. The summed E-state index contributed by atoms with van der Waals surface area (Å²) in [6.07, 6.45) is -1.74. The van der Waals surface area contributed by atoms with Crippen molar-refractivity contribution in [3.8, 4) is 0 Å². The lowest BCUT2D eigenvalue weighted by molar-refractivity contribution is -0.0785. The van der Waals surface area contributed by atoms with Crippen LogP contribution in [0.25, 0.3) is 0 Å². The molecule has 1 saturated carbocycles. The topological polar surface area (TPSA) is 49.7 Å². The number of halogens is 1. The summed E-state index contributed by atoms with van der Waals surface area (Å²) in [5.74, 6) is 0. The van der Waals surface area contributed by atoms with Crippen molar-refractivity contribution in [2.75, 3.05) is 6.61 Å². The zero-order valence-electron chi connectivity index (χ0n) is 10.2. The minimum atomic E-state index is -1.14. The summed E-state index contributed by atoms with van der Waals surface area (Å²) >= 11 is 0. The summed E-state index contributed by atoms with van der Waals surface area (Å²) in [6.45, 7) is 0.0885. The number of aliphatic hydroxyl groups is 2. The van der Waals surface area contributed by atoms with Gasteiger partial charge in [0.2, 0.25) is 0 Å². The second-order valence-corrected chi connectivity index (χ2v) is 4.78. The van der Waals surface area contributed by atoms with Gasteiger partial charge in [-0.3, -0.25) is 0 Å². The molecule has 1 aromatic rings. The molecule has 0 heterocycles. The van der Waals surface area contributed by atoms with Gasteiger partial charge in [-0.2, -0.15) is 0 Å². The first-order valence-corrected chi connectivity index (χ1v) is 6.33. The van der Waals surface area contributed by atoms with Crippen LogP contribution in [0.4, 0.5) is 4.39 Å². The van der Waals surface area contributed by atoms with Crippen molar-refractivity contribution in [1.29, 1.82) is 0 Å². The standard InChI is InChI=1S/C14H19FO3/c15-12-8-11(16)6-7-14(12)18-9-13(17)10-4-2-1-3-5-10/h1-5,11-14,16-17H,6-9H2/t11-,12+,13?,14+/m1/s1. The third-order valence-electron chi connectivity index (χ3n) is 3.34. The molecule has 4 atom stereocenters. The van der Waals surface area contributed by atoms with Gasteiger partial charge >= 0.3 is 0 Å². The maximum atomic E-state index is 13.6. The fraction of sp³-hybridized carbons (Fsp3) is 0.571. The number of aliphatic hydroxyl groups excluding tert-OH is 2. The molecule has 0 amide bonds. The molecule has 3 nitrogen and oxygen atoms in total. The van der Waals surface area contributed by atoms with Gasteiger partial charge in [0.25, 0.3) is 0 Å². The Labute approximate surface area is 106 Å². The molecule has 0 aromatic heterocycles. The summed E-state index contributed by atoms with van der Waals surface area (Å²) in [6, 6.07) is 9.18. The van der Waals surface area contributed by atoms with Crippen molar-refractivity contribution in [3.63, 3.8) is 0 Å². The number of benzene rings is 1. The third-order valence-corrected chi connectivity index (χ3v) is 3.34. The maximum absolute atomic E-state index is 13.6. The highest BCUT2D eigenvalue weighted by Crippen LogP contribution is 2.25. The van der Waals surface area contributed by atoms with Crippen molar-refractivity contribution in [2.24, 2.45) is 0 Å². The van der Waals surface area contributed by atoms with E-state index in [0.717, 1.165) is 5.56 Å². The molecule has 0 bridgehead atoms. The van der Waals surface area contributed by atoms with Gasteiger partial charge in [0.05, 0.1) is 18.8 Å². The molecule has 0 saturated heterocycles. The van der Waals surface area contributed by atoms with Crippen molar-refractivity contribution in [3.05, 3.63) is 35.9 Å².